The van der Waals surface area contributed by atoms with Gasteiger partial charge in [-0.05, 0) is 24.7 Å². The van der Waals surface area contributed by atoms with Crippen molar-refractivity contribution in [2.24, 2.45) is 0 Å². The van der Waals surface area contributed by atoms with Crippen LogP contribution >= 0.6 is 24.0 Å². The number of carbonyl (C=O) groups is 1. The molecule has 1 fully saturated rings. The molecular formula is C13H18Cl2N2O. The highest BCUT2D eigenvalue weighted by atomic mass is 35.5. The molecule has 18 heavy (non-hydrogen) atoms. The van der Waals surface area contributed by atoms with E-state index in [4.69, 9.17) is 11.6 Å². The van der Waals surface area contributed by atoms with E-state index in [9.17, 15) is 4.79 Å². The molecule has 100 valence electrons. The van der Waals surface area contributed by atoms with Crippen LogP contribution in [-0.4, -0.2) is 48.9 Å². The molecule has 0 N–H and O–H groups in total. The second-order valence-electron chi connectivity index (χ2n) is 4.43. The molecule has 1 heterocycles. The fourth-order valence-electron chi connectivity index (χ4n) is 1.93. The van der Waals surface area contributed by atoms with Crippen molar-refractivity contribution in [3.8, 4) is 0 Å². The Kier molecular flexibility index (Phi) is 5.93. The quantitative estimate of drug-likeness (QED) is 0.780. The molecule has 1 aromatic rings. The number of amides is 1. The predicted molar refractivity (Wildman–Crippen MR) is 76.6 cm³/mol. The van der Waals surface area contributed by atoms with Crippen LogP contribution in [0.25, 0.3) is 0 Å². The summed E-state index contributed by atoms with van der Waals surface area (Å²) in [5.41, 5.74) is 1.80. The molecule has 1 saturated heterocycles. The monoisotopic (exact) mass is 288 g/mol. The summed E-state index contributed by atoms with van der Waals surface area (Å²) in [6, 6.07) is 7.54. The number of likely N-dealkylation sites (N-methyl/N-ethyl adjacent to an activating group) is 1. The molecule has 1 aliphatic heterocycles. The van der Waals surface area contributed by atoms with Crippen LogP contribution in [0.1, 0.15) is 15.9 Å². The summed E-state index contributed by atoms with van der Waals surface area (Å²) >= 11 is 5.72. The smallest absolute Gasteiger partial charge is 0.253 e. The van der Waals surface area contributed by atoms with Gasteiger partial charge in [-0.3, -0.25) is 4.79 Å². The second-order valence-corrected chi connectivity index (χ2v) is 4.69. The first kappa shape index (κ1) is 15.3. The first-order valence-electron chi connectivity index (χ1n) is 5.83. The lowest BCUT2D eigenvalue weighted by Crippen LogP contribution is -2.47. The minimum Gasteiger partial charge on any atom is -0.336 e. The zero-order valence-electron chi connectivity index (χ0n) is 10.4. The van der Waals surface area contributed by atoms with E-state index in [1.165, 1.54) is 0 Å². The lowest BCUT2D eigenvalue weighted by molar-refractivity contribution is 0.0664. The zero-order valence-corrected chi connectivity index (χ0v) is 12.0. The van der Waals surface area contributed by atoms with E-state index in [0.29, 0.717) is 5.88 Å². The minimum atomic E-state index is 0. The molecule has 1 amide bonds. The average Bonchev–Trinajstić information content (AvgIpc) is 2.39. The number of rotatable bonds is 2. The van der Waals surface area contributed by atoms with Gasteiger partial charge in [-0.2, -0.15) is 0 Å². The number of halogens is 2. The van der Waals surface area contributed by atoms with E-state index in [-0.39, 0.29) is 18.3 Å². The molecule has 3 nitrogen and oxygen atoms in total. The number of hydrogen-bond donors (Lipinski definition) is 0. The Balaban J connectivity index is 0.00000162. The lowest BCUT2D eigenvalue weighted by atomic mass is 10.1. The van der Waals surface area contributed by atoms with Gasteiger partial charge in [0.2, 0.25) is 0 Å². The molecule has 0 bridgehead atoms. The van der Waals surface area contributed by atoms with Crippen molar-refractivity contribution in [2.75, 3.05) is 33.2 Å². The molecule has 0 aliphatic carbocycles. The van der Waals surface area contributed by atoms with Crippen molar-refractivity contribution >= 4 is 29.9 Å². The summed E-state index contributed by atoms with van der Waals surface area (Å²) in [4.78, 5) is 16.3. The third-order valence-electron chi connectivity index (χ3n) is 3.15. The van der Waals surface area contributed by atoms with Gasteiger partial charge in [0, 0.05) is 37.6 Å². The number of benzene rings is 1. The Labute approximate surface area is 119 Å². The molecule has 1 aromatic carbocycles. The number of piperazine rings is 1. The van der Waals surface area contributed by atoms with Gasteiger partial charge in [0.15, 0.2) is 0 Å². The highest BCUT2D eigenvalue weighted by Gasteiger charge is 2.19. The molecule has 2 rings (SSSR count). The Bertz CT molecular complexity index is 386. The standard InChI is InChI=1S/C13H17ClN2O.ClH/c1-15-6-8-16(9-7-15)13(17)12-4-2-11(10-14)3-5-12;/h2-5H,6-10H2,1H3;1H. The molecule has 1 aliphatic rings. The minimum absolute atomic E-state index is 0. The zero-order chi connectivity index (χ0) is 12.3. The van der Waals surface area contributed by atoms with Crippen LogP contribution in [0.3, 0.4) is 0 Å². The van der Waals surface area contributed by atoms with Crippen LogP contribution in [0.2, 0.25) is 0 Å². The number of nitrogens with zero attached hydrogens (tertiary/aromatic N) is 2. The molecule has 5 heteroatoms. The van der Waals surface area contributed by atoms with E-state index in [0.717, 1.165) is 37.3 Å². The highest BCUT2D eigenvalue weighted by Crippen LogP contribution is 2.11. The average molecular weight is 289 g/mol. The largest absolute Gasteiger partial charge is 0.336 e. The van der Waals surface area contributed by atoms with Gasteiger partial charge in [0.1, 0.15) is 0 Å². The van der Waals surface area contributed by atoms with Crippen LogP contribution in [0.15, 0.2) is 24.3 Å². The lowest BCUT2D eigenvalue weighted by Gasteiger charge is -2.32. The molecule has 0 radical (unpaired) electrons. The van der Waals surface area contributed by atoms with Crippen LogP contribution in [-0.2, 0) is 5.88 Å². The summed E-state index contributed by atoms with van der Waals surface area (Å²) < 4.78 is 0. The summed E-state index contributed by atoms with van der Waals surface area (Å²) in [5.74, 6) is 0.613. The van der Waals surface area contributed by atoms with Gasteiger partial charge in [0.05, 0.1) is 0 Å². The number of hydrogen-bond acceptors (Lipinski definition) is 2. The summed E-state index contributed by atoms with van der Waals surface area (Å²) in [7, 11) is 2.08. The molecule has 0 aromatic heterocycles. The van der Waals surface area contributed by atoms with Crippen molar-refractivity contribution in [1.29, 1.82) is 0 Å². The first-order valence-corrected chi connectivity index (χ1v) is 6.37. The van der Waals surface area contributed by atoms with Crippen LogP contribution in [0, 0.1) is 0 Å². The van der Waals surface area contributed by atoms with Gasteiger partial charge in [-0.25, -0.2) is 0 Å². The Hall–Kier alpha value is -0.770. The fraction of sp³-hybridized carbons (Fsp3) is 0.462. The van der Waals surface area contributed by atoms with E-state index < -0.39 is 0 Å². The van der Waals surface area contributed by atoms with E-state index in [1.807, 2.05) is 29.2 Å². The SMILES string of the molecule is CN1CCN(C(=O)c2ccc(CCl)cc2)CC1.Cl. The van der Waals surface area contributed by atoms with Crippen molar-refractivity contribution < 1.29 is 4.79 Å². The topological polar surface area (TPSA) is 23.6 Å². The highest BCUT2D eigenvalue weighted by molar-refractivity contribution is 6.17. The molecular weight excluding hydrogens is 271 g/mol. The third-order valence-corrected chi connectivity index (χ3v) is 3.45. The van der Waals surface area contributed by atoms with Gasteiger partial charge in [-0.15, -0.1) is 24.0 Å². The van der Waals surface area contributed by atoms with E-state index in [2.05, 4.69) is 11.9 Å². The number of alkyl halides is 1. The normalized spacial score (nSPS) is 16.2. The van der Waals surface area contributed by atoms with Gasteiger partial charge in [0.25, 0.3) is 5.91 Å². The maximum atomic E-state index is 12.2. The van der Waals surface area contributed by atoms with E-state index in [1.54, 1.807) is 0 Å². The van der Waals surface area contributed by atoms with Gasteiger partial charge >= 0.3 is 0 Å². The van der Waals surface area contributed by atoms with Crippen molar-refractivity contribution in [1.82, 2.24) is 9.80 Å². The van der Waals surface area contributed by atoms with Crippen LogP contribution in [0.4, 0.5) is 0 Å². The van der Waals surface area contributed by atoms with Gasteiger partial charge < -0.3 is 9.80 Å². The molecule has 0 spiro atoms. The second kappa shape index (κ2) is 6.98. The fourth-order valence-corrected chi connectivity index (χ4v) is 2.11. The maximum Gasteiger partial charge on any atom is 0.253 e. The van der Waals surface area contributed by atoms with E-state index >= 15 is 0 Å². The maximum absolute atomic E-state index is 12.2. The molecule has 0 saturated carbocycles. The summed E-state index contributed by atoms with van der Waals surface area (Å²) in [6.45, 7) is 3.52. The Morgan fingerprint density at radius 3 is 2.22 bits per heavy atom. The van der Waals surface area contributed by atoms with Crippen molar-refractivity contribution in [3.63, 3.8) is 0 Å². The summed E-state index contributed by atoms with van der Waals surface area (Å²) in [5, 5.41) is 0. The van der Waals surface area contributed by atoms with Crippen LogP contribution in [0.5, 0.6) is 0 Å². The Morgan fingerprint density at radius 2 is 1.72 bits per heavy atom. The first-order chi connectivity index (χ1) is 8.20. The number of carbonyl (C=O) groups excluding carboxylic acids is 1. The summed E-state index contributed by atoms with van der Waals surface area (Å²) in [6.07, 6.45) is 0. The van der Waals surface area contributed by atoms with Crippen LogP contribution < -0.4 is 0 Å². The molecule has 0 atom stereocenters. The predicted octanol–water partition coefficient (Wildman–Crippen LogP) is 2.23. The van der Waals surface area contributed by atoms with Crippen molar-refractivity contribution in [3.05, 3.63) is 35.4 Å². The molecule has 0 unspecified atom stereocenters. The van der Waals surface area contributed by atoms with Gasteiger partial charge in [-0.1, -0.05) is 12.1 Å². The Morgan fingerprint density at radius 1 is 1.17 bits per heavy atom. The third kappa shape index (κ3) is 3.61. The van der Waals surface area contributed by atoms with Crippen molar-refractivity contribution in [2.45, 2.75) is 5.88 Å².